The van der Waals surface area contributed by atoms with Crippen molar-refractivity contribution in [2.24, 2.45) is 7.05 Å². The fraction of sp³-hybridized carbons (Fsp3) is 0.400. The lowest BCUT2D eigenvalue weighted by Crippen LogP contribution is -2.13. The zero-order chi connectivity index (χ0) is 7.72. The van der Waals surface area contributed by atoms with Gasteiger partial charge in [0.05, 0.1) is 0 Å². The molecule has 0 aromatic carbocycles. The van der Waals surface area contributed by atoms with Crippen LogP contribution in [0, 0.1) is 0 Å². The average molecular weight is 135 g/mol. The fourth-order valence-corrected chi connectivity index (χ4v) is 0.672. The van der Waals surface area contributed by atoms with Crippen molar-refractivity contribution in [1.82, 2.24) is 15.0 Å². The molecule has 0 amide bonds. The lowest BCUT2D eigenvalue weighted by molar-refractivity contribution is 0.101. The second kappa shape index (κ2) is 2.25. The van der Waals surface area contributed by atoms with Crippen LogP contribution in [0.2, 0.25) is 0 Å². The van der Waals surface area contributed by atoms with Gasteiger partial charge in [0.1, 0.15) is 13.5 Å². The summed E-state index contributed by atoms with van der Waals surface area (Å²) in [6.07, 6.45) is 0. The number of rotatable bonds is 1. The van der Waals surface area contributed by atoms with Gasteiger partial charge in [-0.05, 0) is 0 Å². The van der Waals surface area contributed by atoms with E-state index >= 15 is 0 Å². The summed E-state index contributed by atoms with van der Waals surface area (Å²) in [5.41, 5.74) is 0.428. The fourth-order valence-electron chi connectivity index (χ4n) is 0.672. The highest BCUT2D eigenvalue weighted by molar-refractivity contribution is 6.34. The summed E-state index contributed by atoms with van der Waals surface area (Å²) in [4.78, 5) is 12.0. The minimum atomic E-state index is -0.161. The van der Waals surface area contributed by atoms with Crippen molar-refractivity contribution in [3.63, 3.8) is 0 Å². The smallest absolute Gasteiger partial charge is 0.180 e. The van der Waals surface area contributed by atoms with Crippen molar-refractivity contribution in [1.29, 1.82) is 0 Å². The van der Waals surface area contributed by atoms with Crippen LogP contribution in [0.5, 0.6) is 0 Å². The first-order valence-electron chi connectivity index (χ1n) is 2.79. The molecule has 0 unspecified atom stereocenters. The van der Waals surface area contributed by atoms with E-state index in [1.807, 2.05) is 0 Å². The van der Waals surface area contributed by atoms with E-state index in [1.54, 1.807) is 7.05 Å². The molecule has 10 heavy (non-hydrogen) atoms. The van der Waals surface area contributed by atoms with Crippen LogP contribution in [-0.2, 0) is 7.05 Å². The van der Waals surface area contributed by atoms with E-state index in [0.717, 1.165) is 0 Å². The average Bonchev–Trinajstić information content (AvgIpc) is 2.10. The summed E-state index contributed by atoms with van der Waals surface area (Å²) in [6.45, 7) is 1.40. The Kier molecular flexibility index (Phi) is 1.57. The SMILES string of the molecule is [B]c1nn(C)nc1C(C)=O. The van der Waals surface area contributed by atoms with Gasteiger partial charge in [-0.25, -0.2) is 0 Å². The lowest BCUT2D eigenvalue weighted by Gasteiger charge is -1.83. The topological polar surface area (TPSA) is 47.8 Å². The van der Waals surface area contributed by atoms with Gasteiger partial charge >= 0.3 is 0 Å². The molecule has 0 spiro atoms. The van der Waals surface area contributed by atoms with Crippen molar-refractivity contribution in [3.05, 3.63) is 5.69 Å². The number of nitrogens with zero attached hydrogens (tertiary/aromatic N) is 3. The van der Waals surface area contributed by atoms with Gasteiger partial charge in [-0.1, -0.05) is 0 Å². The monoisotopic (exact) mass is 135 g/mol. The number of aryl methyl sites for hydroxylation is 1. The molecule has 1 aromatic heterocycles. The molecule has 0 aliphatic rings. The molecule has 0 aliphatic carbocycles. The number of hydrogen-bond acceptors (Lipinski definition) is 3. The molecule has 0 N–H and O–H groups in total. The van der Waals surface area contributed by atoms with Crippen molar-refractivity contribution in [2.45, 2.75) is 6.92 Å². The quantitative estimate of drug-likeness (QED) is 0.359. The van der Waals surface area contributed by atoms with E-state index in [1.165, 1.54) is 11.7 Å². The molecule has 50 valence electrons. The molecule has 0 fully saturated rings. The van der Waals surface area contributed by atoms with E-state index in [4.69, 9.17) is 7.85 Å². The third-order valence-corrected chi connectivity index (χ3v) is 1.07. The molecule has 0 aliphatic heterocycles. The highest BCUT2D eigenvalue weighted by Crippen LogP contribution is 1.86. The number of hydrogen-bond donors (Lipinski definition) is 0. The first kappa shape index (κ1) is 6.99. The normalized spacial score (nSPS) is 9.80. The van der Waals surface area contributed by atoms with E-state index in [-0.39, 0.29) is 17.1 Å². The highest BCUT2D eigenvalue weighted by Gasteiger charge is 2.07. The van der Waals surface area contributed by atoms with Gasteiger partial charge < -0.3 is 0 Å². The first-order chi connectivity index (χ1) is 4.61. The van der Waals surface area contributed by atoms with Gasteiger partial charge in [-0.3, -0.25) is 4.79 Å². The van der Waals surface area contributed by atoms with Crippen LogP contribution in [0.1, 0.15) is 17.4 Å². The zero-order valence-corrected chi connectivity index (χ0v) is 5.83. The van der Waals surface area contributed by atoms with Crippen molar-refractivity contribution >= 4 is 19.2 Å². The van der Waals surface area contributed by atoms with Crippen molar-refractivity contribution < 1.29 is 4.79 Å². The maximum Gasteiger partial charge on any atom is 0.180 e. The third-order valence-electron chi connectivity index (χ3n) is 1.07. The maximum absolute atomic E-state index is 10.7. The largest absolute Gasteiger partial charge is 0.293 e. The summed E-state index contributed by atoms with van der Waals surface area (Å²) in [5.74, 6) is -0.161. The zero-order valence-electron chi connectivity index (χ0n) is 5.83. The van der Waals surface area contributed by atoms with Gasteiger partial charge in [-0.15, -0.1) is 0 Å². The van der Waals surface area contributed by atoms with E-state index in [2.05, 4.69) is 10.2 Å². The Morgan fingerprint density at radius 1 is 1.60 bits per heavy atom. The number of aromatic nitrogens is 3. The standard InChI is InChI=1S/C5H6BN3O/c1-3(10)4-5(6)8-9(2)7-4/h1-2H3. The van der Waals surface area contributed by atoms with Gasteiger partial charge in [0.15, 0.2) is 5.78 Å². The summed E-state index contributed by atoms with van der Waals surface area (Å²) >= 11 is 0. The molecular formula is C5H6BN3O. The molecule has 1 aromatic rings. The second-order valence-electron chi connectivity index (χ2n) is 1.98. The number of carbonyl (C=O) groups excluding carboxylic acids is 1. The molecule has 0 saturated carbocycles. The summed E-state index contributed by atoms with van der Waals surface area (Å²) < 4.78 is 0. The molecular weight excluding hydrogens is 129 g/mol. The molecule has 2 radical (unpaired) electrons. The summed E-state index contributed by atoms with van der Waals surface area (Å²) in [7, 11) is 6.94. The Labute approximate surface area is 59.6 Å². The predicted octanol–water partition coefficient (Wildman–Crippen LogP) is -1.19. The molecule has 0 saturated heterocycles. The van der Waals surface area contributed by atoms with E-state index in [9.17, 15) is 4.79 Å². The Morgan fingerprint density at radius 3 is 2.40 bits per heavy atom. The predicted molar refractivity (Wildman–Crippen MR) is 36.4 cm³/mol. The second-order valence-corrected chi connectivity index (χ2v) is 1.98. The van der Waals surface area contributed by atoms with Crippen LogP contribution in [0.15, 0.2) is 0 Å². The van der Waals surface area contributed by atoms with Gasteiger partial charge in [0, 0.05) is 19.6 Å². The van der Waals surface area contributed by atoms with Crippen LogP contribution in [-0.4, -0.2) is 28.6 Å². The van der Waals surface area contributed by atoms with Crippen LogP contribution in [0.4, 0.5) is 0 Å². The van der Waals surface area contributed by atoms with Crippen LogP contribution >= 0.6 is 0 Å². The number of Topliss-reactive ketones (excluding diaryl/α,β-unsaturated/α-hetero) is 1. The Hall–Kier alpha value is -1.13. The Morgan fingerprint density at radius 2 is 2.20 bits per heavy atom. The highest BCUT2D eigenvalue weighted by atomic mass is 16.1. The maximum atomic E-state index is 10.7. The van der Waals surface area contributed by atoms with E-state index < -0.39 is 0 Å². The van der Waals surface area contributed by atoms with Crippen molar-refractivity contribution in [2.75, 3.05) is 0 Å². The van der Waals surface area contributed by atoms with E-state index in [0.29, 0.717) is 0 Å². The van der Waals surface area contributed by atoms with Crippen LogP contribution < -0.4 is 5.59 Å². The van der Waals surface area contributed by atoms with Crippen LogP contribution in [0.3, 0.4) is 0 Å². The van der Waals surface area contributed by atoms with Gasteiger partial charge in [0.25, 0.3) is 0 Å². The summed E-state index contributed by atoms with van der Waals surface area (Å²) in [6, 6.07) is 0. The lowest BCUT2D eigenvalue weighted by atomic mass is 10.0. The van der Waals surface area contributed by atoms with Gasteiger partial charge in [-0.2, -0.15) is 15.0 Å². The first-order valence-corrected chi connectivity index (χ1v) is 2.79. The third kappa shape index (κ3) is 1.07. The molecule has 1 rings (SSSR count). The molecule has 5 heteroatoms. The molecule has 0 bridgehead atoms. The minimum absolute atomic E-state index is 0.161. The van der Waals surface area contributed by atoms with Crippen molar-refractivity contribution in [3.8, 4) is 0 Å². The van der Waals surface area contributed by atoms with Gasteiger partial charge in [0.2, 0.25) is 0 Å². The minimum Gasteiger partial charge on any atom is -0.293 e. The number of ketones is 1. The Bertz CT molecular complexity index is 268. The molecule has 0 atom stereocenters. The summed E-state index contributed by atoms with van der Waals surface area (Å²) in [5, 5.41) is 7.44. The Balaban J connectivity index is 3.15. The molecule has 1 heterocycles. The molecule has 4 nitrogen and oxygen atoms in total. The number of carbonyl (C=O) groups is 1. The van der Waals surface area contributed by atoms with Crippen LogP contribution in [0.25, 0.3) is 0 Å².